The molecule has 0 nitrogen and oxygen atoms in total. The van der Waals surface area contributed by atoms with Crippen LogP contribution in [0.4, 0.5) is 0 Å². The first-order valence-electron chi connectivity index (χ1n) is 22.7. The fraction of sp³-hybridized carbons (Fsp3) is 0.143. The highest BCUT2D eigenvalue weighted by Crippen LogP contribution is 2.65. The molecule has 9 aromatic rings. The van der Waals surface area contributed by atoms with Crippen LogP contribution in [0.25, 0.3) is 76.5 Å². The Balaban J connectivity index is 1.08. The van der Waals surface area contributed by atoms with E-state index in [9.17, 15) is 0 Å². The average molecular weight is 805 g/mol. The predicted molar refractivity (Wildman–Crippen MR) is 268 cm³/mol. The highest BCUT2D eigenvalue weighted by atomic mass is 14.6. The minimum atomic E-state index is -0.381. The van der Waals surface area contributed by atoms with Crippen LogP contribution in [0.5, 0.6) is 0 Å². The zero-order chi connectivity index (χ0) is 42.4. The maximum atomic E-state index is 2.72. The molecule has 0 amide bonds. The Morgan fingerprint density at radius 2 is 0.952 bits per heavy atom. The van der Waals surface area contributed by atoms with Crippen LogP contribution in [0.3, 0.4) is 0 Å². The molecule has 0 bridgehead atoms. The summed E-state index contributed by atoms with van der Waals surface area (Å²) in [5, 5.41) is 10.4. The minimum Gasteiger partial charge on any atom is -0.0754 e. The topological polar surface area (TPSA) is 0 Å². The van der Waals surface area contributed by atoms with E-state index in [1.54, 1.807) is 0 Å². The first-order chi connectivity index (χ1) is 30.7. The van der Waals surface area contributed by atoms with Gasteiger partial charge in [-0.25, -0.2) is 0 Å². The second kappa shape index (κ2) is 12.8. The molecule has 0 aliphatic heterocycles. The van der Waals surface area contributed by atoms with Gasteiger partial charge in [0.05, 0.1) is 0 Å². The molecule has 4 aliphatic rings. The highest BCUT2D eigenvalue weighted by molar-refractivity contribution is 6.18. The van der Waals surface area contributed by atoms with E-state index in [1.165, 1.54) is 121 Å². The van der Waals surface area contributed by atoms with Gasteiger partial charge in [0.1, 0.15) is 0 Å². The third-order valence-corrected chi connectivity index (χ3v) is 15.7. The largest absolute Gasteiger partial charge is 0.0754 e. The molecule has 2 unspecified atom stereocenters. The Bertz CT molecular complexity index is 3580. The molecule has 0 saturated heterocycles. The zero-order valence-electron chi connectivity index (χ0n) is 36.6. The molecule has 4 aliphatic carbocycles. The molecule has 0 heteroatoms. The molecule has 0 N–H and O–H groups in total. The van der Waals surface area contributed by atoms with Gasteiger partial charge in [0.25, 0.3) is 0 Å². The summed E-state index contributed by atoms with van der Waals surface area (Å²) in [5.41, 5.74) is 18.7. The number of hydrogen-bond donors (Lipinski definition) is 0. The summed E-state index contributed by atoms with van der Waals surface area (Å²) >= 11 is 0. The van der Waals surface area contributed by atoms with Crippen molar-refractivity contribution < 1.29 is 0 Å². The van der Waals surface area contributed by atoms with Crippen molar-refractivity contribution in [1.29, 1.82) is 0 Å². The SMILES string of the molecule is CC1(C)C2=CC(C)(c3c4ccccc4c(-c4cccc(-c5cc6ccccc6c6ccccc56)c4)c4ccccc34)C3C=CC4=C(C3=C2c2ccccc21)c1ccccc1C4(C)C. The Hall–Kier alpha value is -7.02. The summed E-state index contributed by atoms with van der Waals surface area (Å²) in [4.78, 5) is 0. The third-order valence-electron chi connectivity index (χ3n) is 15.7. The fourth-order valence-electron chi connectivity index (χ4n) is 12.8. The van der Waals surface area contributed by atoms with Crippen molar-refractivity contribution in [2.75, 3.05) is 0 Å². The lowest BCUT2D eigenvalue weighted by Gasteiger charge is -2.45. The van der Waals surface area contributed by atoms with E-state index in [-0.39, 0.29) is 22.2 Å². The second-order valence-electron chi connectivity index (χ2n) is 19.7. The van der Waals surface area contributed by atoms with E-state index in [1.807, 2.05) is 0 Å². The van der Waals surface area contributed by atoms with E-state index in [0.29, 0.717) is 0 Å². The minimum absolute atomic E-state index is 0.0962. The first-order valence-corrected chi connectivity index (χ1v) is 22.7. The molecule has 0 spiro atoms. The van der Waals surface area contributed by atoms with Crippen molar-refractivity contribution in [2.24, 2.45) is 5.92 Å². The van der Waals surface area contributed by atoms with E-state index < -0.39 is 0 Å². The zero-order valence-corrected chi connectivity index (χ0v) is 36.6. The maximum Gasteiger partial charge on any atom is 0.0226 e. The second-order valence-corrected chi connectivity index (χ2v) is 19.7. The van der Waals surface area contributed by atoms with Crippen molar-refractivity contribution in [3.05, 3.63) is 239 Å². The van der Waals surface area contributed by atoms with Gasteiger partial charge in [-0.3, -0.25) is 0 Å². The van der Waals surface area contributed by atoms with Crippen LogP contribution in [-0.2, 0) is 16.2 Å². The lowest BCUT2D eigenvalue weighted by molar-refractivity contribution is 0.479. The molecule has 13 rings (SSSR count). The summed E-state index contributed by atoms with van der Waals surface area (Å²) in [6.07, 6.45) is 7.82. The Labute approximate surface area is 370 Å². The van der Waals surface area contributed by atoms with Gasteiger partial charge < -0.3 is 0 Å². The summed E-state index contributed by atoms with van der Waals surface area (Å²) < 4.78 is 0. The summed E-state index contributed by atoms with van der Waals surface area (Å²) in [5.74, 6) is 0.112. The van der Waals surface area contributed by atoms with Crippen LogP contribution in [0.1, 0.15) is 62.4 Å². The molecular weight excluding hydrogens is 757 g/mol. The number of allylic oxidation sites excluding steroid dienone is 8. The lowest BCUT2D eigenvalue weighted by Crippen LogP contribution is -2.37. The van der Waals surface area contributed by atoms with Crippen molar-refractivity contribution in [2.45, 2.75) is 50.9 Å². The van der Waals surface area contributed by atoms with Gasteiger partial charge in [0, 0.05) is 22.2 Å². The van der Waals surface area contributed by atoms with Gasteiger partial charge in [0.2, 0.25) is 0 Å². The van der Waals surface area contributed by atoms with Crippen molar-refractivity contribution in [3.8, 4) is 22.3 Å². The number of hydrogen-bond acceptors (Lipinski definition) is 0. The third kappa shape index (κ3) is 4.82. The van der Waals surface area contributed by atoms with Gasteiger partial charge >= 0.3 is 0 Å². The van der Waals surface area contributed by atoms with Crippen LogP contribution in [0, 0.1) is 5.92 Å². The molecule has 63 heavy (non-hydrogen) atoms. The molecular formula is C63H48. The maximum absolute atomic E-state index is 2.72. The van der Waals surface area contributed by atoms with E-state index in [0.717, 1.165) is 0 Å². The van der Waals surface area contributed by atoms with Crippen LogP contribution in [0.2, 0.25) is 0 Å². The van der Waals surface area contributed by atoms with Crippen LogP contribution >= 0.6 is 0 Å². The number of benzene rings is 9. The van der Waals surface area contributed by atoms with Gasteiger partial charge in [-0.15, -0.1) is 0 Å². The number of rotatable bonds is 3. The van der Waals surface area contributed by atoms with Gasteiger partial charge in [-0.1, -0.05) is 217 Å². The number of fused-ring (bicyclic) bond motifs is 12. The quantitative estimate of drug-likeness (QED) is 0.123. The van der Waals surface area contributed by atoms with Gasteiger partial charge in [0.15, 0.2) is 0 Å². The van der Waals surface area contributed by atoms with Gasteiger partial charge in [-0.2, -0.15) is 0 Å². The van der Waals surface area contributed by atoms with Crippen LogP contribution < -0.4 is 0 Å². The van der Waals surface area contributed by atoms with E-state index >= 15 is 0 Å². The molecule has 300 valence electrons. The Morgan fingerprint density at radius 1 is 0.413 bits per heavy atom. The summed E-state index contributed by atoms with van der Waals surface area (Å²) in [6.45, 7) is 12.3. The molecule has 9 aromatic carbocycles. The molecule has 0 radical (unpaired) electrons. The summed E-state index contributed by atoms with van der Waals surface area (Å²) in [6, 6.07) is 66.4. The average Bonchev–Trinajstić information content (AvgIpc) is 3.69. The fourth-order valence-corrected chi connectivity index (χ4v) is 12.8. The van der Waals surface area contributed by atoms with E-state index in [2.05, 4.69) is 229 Å². The van der Waals surface area contributed by atoms with Crippen molar-refractivity contribution in [1.82, 2.24) is 0 Å². The smallest absolute Gasteiger partial charge is 0.0226 e. The normalized spacial score (nSPS) is 20.2. The molecule has 0 saturated carbocycles. The Morgan fingerprint density at radius 3 is 1.65 bits per heavy atom. The molecule has 0 aromatic heterocycles. The first kappa shape index (κ1) is 36.6. The summed E-state index contributed by atoms with van der Waals surface area (Å²) in [7, 11) is 0. The standard InChI is InChI=1S/C63H48/c1-61(2)51-31-16-14-29-48(51)57-53(61)33-34-54-59(57)58-49-30-15-17-32-52(49)62(3,4)55(58)37-63(54,5)60-46-27-12-10-25-44(46)56(45-26-11-13-28-47(45)60)40-21-18-20-38(35-40)50-36-39-19-6-7-22-41(39)42-23-8-9-24-43(42)50/h6-37,54H,1-5H3. The van der Waals surface area contributed by atoms with Gasteiger partial charge in [-0.05, 0) is 133 Å². The van der Waals surface area contributed by atoms with Crippen molar-refractivity contribution in [3.63, 3.8) is 0 Å². The van der Waals surface area contributed by atoms with Crippen molar-refractivity contribution >= 4 is 54.2 Å². The van der Waals surface area contributed by atoms with E-state index in [4.69, 9.17) is 0 Å². The Kier molecular flexibility index (Phi) is 7.43. The molecule has 2 atom stereocenters. The highest BCUT2D eigenvalue weighted by Gasteiger charge is 2.53. The van der Waals surface area contributed by atoms with Crippen LogP contribution in [0.15, 0.2) is 211 Å². The molecule has 0 fully saturated rings. The lowest BCUT2D eigenvalue weighted by atomic mass is 9.57. The predicted octanol–water partition coefficient (Wildman–Crippen LogP) is 16.5. The monoisotopic (exact) mass is 804 g/mol. The molecule has 0 heterocycles. The van der Waals surface area contributed by atoms with Crippen LogP contribution in [-0.4, -0.2) is 0 Å².